The normalized spacial score (nSPS) is 11.1. The SMILES string of the molecule is CCCn1ncnc1Cn1cc(C)c(C)c1C. The summed E-state index contributed by atoms with van der Waals surface area (Å²) in [5.41, 5.74) is 4.02. The van der Waals surface area contributed by atoms with E-state index in [4.69, 9.17) is 0 Å². The van der Waals surface area contributed by atoms with Crippen LogP contribution in [0.25, 0.3) is 0 Å². The molecule has 0 saturated carbocycles. The molecule has 4 nitrogen and oxygen atoms in total. The summed E-state index contributed by atoms with van der Waals surface area (Å²) in [6.07, 6.45) is 4.91. The zero-order valence-corrected chi connectivity index (χ0v) is 11.1. The largest absolute Gasteiger partial charge is 0.344 e. The van der Waals surface area contributed by atoms with Crippen molar-refractivity contribution in [1.82, 2.24) is 19.3 Å². The van der Waals surface area contributed by atoms with Gasteiger partial charge >= 0.3 is 0 Å². The van der Waals surface area contributed by atoms with Crippen LogP contribution in [0.5, 0.6) is 0 Å². The van der Waals surface area contributed by atoms with Crippen LogP contribution in [0.2, 0.25) is 0 Å². The van der Waals surface area contributed by atoms with E-state index in [-0.39, 0.29) is 0 Å². The van der Waals surface area contributed by atoms with E-state index in [9.17, 15) is 0 Å². The quantitative estimate of drug-likeness (QED) is 0.811. The van der Waals surface area contributed by atoms with Crippen molar-refractivity contribution in [2.45, 2.75) is 47.2 Å². The lowest BCUT2D eigenvalue weighted by molar-refractivity contribution is 0.552. The Morgan fingerprint density at radius 2 is 2.00 bits per heavy atom. The molecular weight excluding hydrogens is 212 g/mol. The fraction of sp³-hybridized carbons (Fsp3) is 0.538. The van der Waals surface area contributed by atoms with Crippen molar-refractivity contribution in [3.63, 3.8) is 0 Å². The van der Waals surface area contributed by atoms with Crippen molar-refractivity contribution in [3.05, 3.63) is 35.2 Å². The molecule has 0 N–H and O–H groups in total. The number of aromatic nitrogens is 4. The average Bonchev–Trinajstić information content (AvgIpc) is 2.82. The molecule has 4 heteroatoms. The molecule has 0 bridgehead atoms. The zero-order valence-electron chi connectivity index (χ0n) is 11.1. The highest BCUT2D eigenvalue weighted by Crippen LogP contribution is 2.15. The van der Waals surface area contributed by atoms with Gasteiger partial charge in [0.2, 0.25) is 0 Å². The highest BCUT2D eigenvalue weighted by atomic mass is 15.3. The zero-order chi connectivity index (χ0) is 12.4. The van der Waals surface area contributed by atoms with Gasteiger partial charge in [-0.25, -0.2) is 9.67 Å². The molecule has 0 amide bonds. The first-order valence-corrected chi connectivity index (χ1v) is 6.13. The summed E-state index contributed by atoms with van der Waals surface area (Å²) < 4.78 is 4.24. The van der Waals surface area contributed by atoms with E-state index in [1.807, 2.05) is 4.68 Å². The molecule has 0 radical (unpaired) electrons. The molecule has 0 aliphatic heterocycles. The van der Waals surface area contributed by atoms with Gasteiger partial charge in [0.25, 0.3) is 0 Å². The monoisotopic (exact) mass is 232 g/mol. The maximum Gasteiger partial charge on any atom is 0.146 e. The fourth-order valence-electron chi connectivity index (χ4n) is 2.05. The van der Waals surface area contributed by atoms with Crippen molar-refractivity contribution in [3.8, 4) is 0 Å². The van der Waals surface area contributed by atoms with Gasteiger partial charge in [0, 0.05) is 18.4 Å². The number of hydrogen-bond donors (Lipinski definition) is 0. The van der Waals surface area contributed by atoms with E-state index in [1.165, 1.54) is 16.8 Å². The van der Waals surface area contributed by atoms with Crippen LogP contribution in [0, 0.1) is 20.8 Å². The molecule has 0 fully saturated rings. The second-order valence-electron chi connectivity index (χ2n) is 4.55. The summed E-state index contributed by atoms with van der Waals surface area (Å²) in [6.45, 7) is 10.4. The Morgan fingerprint density at radius 3 is 2.59 bits per heavy atom. The minimum Gasteiger partial charge on any atom is -0.344 e. The molecule has 2 rings (SSSR count). The Morgan fingerprint density at radius 1 is 1.24 bits per heavy atom. The molecular formula is C13H20N4. The molecule has 0 unspecified atom stereocenters. The first kappa shape index (κ1) is 11.9. The number of rotatable bonds is 4. The molecule has 2 heterocycles. The maximum atomic E-state index is 4.34. The second kappa shape index (κ2) is 4.73. The van der Waals surface area contributed by atoms with E-state index in [2.05, 4.69) is 48.5 Å². The maximum absolute atomic E-state index is 4.34. The summed E-state index contributed by atoms with van der Waals surface area (Å²) in [5.74, 6) is 1.03. The lowest BCUT2D eigenvalue weighted by Crippen LogP contribution is -2.10. The summed E-state index contributed by atoms with van der Waals surface area (Å²) in [5, 5.41) is 4.25. The van der Waals surface area contributed by atoms with Crippen LogP contribution in [0.1, 0.15) is 36.0 Å². The first-order valence-electron chi connectivity index (χ1n) is 6.13. The van der Waals surface area contributed by atoms with Crippen LogP contribution < -0.4 is 0 Å². The van der Waals surface area contributed by atoms with E-state index in [0.29, 0.717) is 0 Å². The Kier molecular flexibility index (Phi) is 3.31. The van der Waals surface area contributed by atoms with Gasteiger partial charge in [0.1, 0.15) is 12.2 Å². The van der Waals surface area contributed by atoms with Crippen LogP contribution in [0.3, 0.4) is 0 Å². The number of hydrogen-bond acceptors (Lipinski definition) is 2. The van der Waals surface area contributed by atoms with Gasteiger partial charge in [0.15, 0.2) is 0 Å². The lowest BCUT2D eigenvalue weighted by Gasteiger charge is -2.07. The Hall–Kier alpha value is -1.58. The predicted octanol–water partition coefficient (Wildman–Crippen LogP) is 2.46. The molecule has 0 aliphatic carbocycles. The molecule has 2 aromatic rings. The predicted molar refractivity (Wildman–Crippen MR) is 68.1 cm³/mol. The highest BCUT2D eigenvalue weighted by Gasteiger charge is 2.09. The molecule has 2 aromatic heterocycles. The molecule has 0 aromatic carbocycles. The summed E-state index contributed by atoms with van der Waals surface area (Å²) in [4.78, 5) is 4.34. The lowest BCUT2D eigenvalue weighted by atomic mass is 10.2. The highest BCUT2D eigenvalue weighted by molar-refractivity contribution is 5.29. The molecule has 92 valence electrons. The average molecular weight is 232 g/mol. The third kappa shape index (κ3) is 2.25. The summed E-state index contributed by atoms with van der Waals surface area (Å²) >= 11 is 0. The Labute approximate surface area is 102 Å². The van der Waals surface area contributed by atoms with Crippen LogP contribution in [0.4, 0.5) is 0 Å². The first-order chi connectivity index (χ1) is 8.13. The van der Waals surface area contributed by atoms with E-state index >= 15 is 0 Å². The smallest absolute Gasteiger partial charge is 0.146 e. The van der Waals surface area contributed by atoms with Gasteiger partial charge in [-0.3, -0.25) is 0 Å². The summed E-state index contributed by atoms with van der Waals surface area (Å²) in [6, 6.07) is 0. The van der Waals surface area contributed by atoms with Gasteiger partial charge in [0.05, 0.1) is 6.54 Å². The van der Waals surface area contributed by atoms with E-state index < -0.39 is 0 Å². The molecule has 17 heavy (non-hydrogen) atoms. The fourth-order valence-corrected chi connectivity index (χ4v) is 2.05. The molecule has 0 aliphatic rings. The Balaban J connectivity index is 2.25. The van der Waals surface area contributed by atoms with Gasteiger partial charge in [-0.05, 0) is 38.3 Å². The molecule has 0 saturated heterocycles. The van der Waals surface area contributed by atoms with Crippen LogP contribution >= 0.6 is 0 Å². The van der Waals surface area contributed by atoms with Crippen molar-refractivity contribution in [2.75, 3.05) is 0 Å². The van der Waals surface area contributed by atoms with Gasteiger partial charge in [-0.2, -0.15) is 5.10 Å². The number of nitrogens with zero attached hydrogens (tertiary/aromatic N) is 4. The minimum absolute atomic E-state index is 0.806. The standard InChI is InChI=1S/C13H20N4/c1-5-6-17-13(14-9-15-17)8-16-7-10(2)11(3)12(16)4/h7,9H,5-6,8H2,1-4H3. The third-order valence-electron chi connectivity index (χ3n) is 3.36. The molecule has 0 atom stereocenters. The second-order valence-corrected chi connectivity index (χ2v) is 4.55. The van der Waals surface area contributed by atoms with Crippen LogP contribution in [0.15, 0.2) is 12.5 Å². The number of aryl methyl sites for hydroxylation is 2. The third-order valence-corrected chi connectivity index (χ3v) is 3.36. The van der Waals surface area contributed by atoms with Crippen molar-refractivity contribution >= 4 is 0 Å². The van der Waals surface area contributed by atoms with Gasteiger partial charge in [-0.15, -0.1) is 0 Å². The van der Waals surface area contributed by atoms with E-state index in [0.717, 1.165) is 25.3 Å². The van der Waals surface area contributed by atoms with Crippen LogP contribution in [-0.2, 0) is 13.1 Å². The van der Waals surface area contributed by atoms with Gasteiger partial charge in [-0.1, -0.05) is 6.92 Å². The van der Waals surface area contributed by atoms with Crippen LogP contribution in [-0.4, -0.2) is 19.3 Å². The van der Waals surface area contributed by atoms with Gasteiger partial charge < -0.3 is 4.57 Å². The van der Waals surface area contributed by atoms with Crippen molar-refractivity contribution in [2.24, 2.45) is 0 Å². The Bertz CT molecular complexity index is 507. The topological polar surface area (TPSA) is 35.6 Å². The van der Waals surface area contributed by atoms with Crippen molar-refractivity contribution in [1.29, 1.82) is 0 Å². The van der Waals surface area contributed by atoms with E-state index in [1.54, 1.807) is 6.33 Å². The molecule has 0 spiro atoms. The summed E-state index contributed by atoms with van der Waals surface area (Å²) in [7, 11) is 0. The van der Waals surface area contributed by atoms with Crippen molar-refractivity contribution < 1.29 is 0 Å². The minimum atomic E-state index is 0.806.